The molecule has 80 heavy (non-hydrogen) atoms. The second-order valence-corrected chi connectivity index (χ2v) is 24.7. The number of nitrogens with one attached hydrogen (secondary N) is 1. The molecule has 4 aromatic rings. The summed E-state index contributed by atoms with van der Waals surface area (Å²) in [7, 11) is 1.30. The van der Waals surface area contributed by atoms with Crippen molar-refractivity contribution in [3.8, 4) is 23.0 Å². The SMILES string of the molecule is CCOC(=O)COc1c2cc(C(C)(C)C)cc1Cc1cc(C(C)(C)C)cc(c1OCC(=O)OCC)Cc1cc(C(C)(C)C)cc(c1OCC(=O)OCC)Cc1cc(C(C)(C)C)cc(c1OCC(=O)NCCCCC(N)C(=O)OC)C2. The van der Waals surface area contributed by atoms with Gasteiger partial charge in [-0.15, -0.1) is 0 Å². The van der Waals surface area contributed by atoms with E-state index in [0.29, 0.717) is 48.8 Å². The van der Waals surface area contributed by atoms with E-state index in [9.17, 15) is 24.0 Å². The fourth-order valence-corrected chi connectivity index (χ4v) is 9.54. The summed E-state index contributed by atoms with van der Waals surface area (Å²) in [4.78, 5) is 65.7. The van der Waals surface area contributed by atoms with Crippen LogP contribution in [-0.2, 0) is 90.3 Å². The van der Waals surface area contributed by atoms with E-state index in [4.69, 9.17) is 43.6 Å². The summed E-state index contributed by atoms with van der Waals surface area (Å²) in [5, 5.41) is 2.99. The van der Waals surface area contributed by atoms with Gasteiger partial charge in [0.25, 0.3) is 5.91 Å². The van der Waals surface area contributed by atoms with Gasteiger partial charge in [-0.05, 0) is 128 Å². The van der Waals surface area contributed by atoms with E-state index in [2.05, 4.69) is 137 Å². The zero-order valence-corrected chi connectivity index (χ0v) is 50.7. The van der Waals surface area contributed by atoms with Crippen LogP contribution < -0.4 is 30.0 Å². The van der Waals surface area contributed by atoms with Crippen molar-refractivity contribution in [2.75, 3.05) is 59.9 Å². The molecular formula is C65H90N2O13. The number of unbranched alkanes of at least 4 members (excludes halogenated alkanes) is 1. The molecule has 0 aliphatic heterocycles. The van der Waals surface area contributed by atoms with Crippen molar-refractivity contribution in [3.05, 3.63) is 115 Å². The molecule has 0 spiro atoms. The number of nitrogens with two attached hydrogens (primary N) is 1. The standard InChI is InChI=1S/C65H90N2O13/c1-17-74-54(69)37-78-58-42-24-40-28-48(62(4,5)6)29-41(57(40)77-36-53(68)67-23-21-20-22-52(66)61(72)73-16)25-43-31-50(64(10,11)12)33-45(59(43)79-38-55(70)75-18-2)27-47-35-51(65(13,14)15)34-46(60(47)80-39-56(71)76-19-3)26-44(58)32-49(30-42)63(7,8)9/h28-35,52H,17-27,36-39,66H2,1-16H3,(H,67,68). The van der Waals surface area contributed by atoms with Crippen LogP contribution in [0.25, 0.3) is 0 Å². The summed E-state index contributed by atoms with van der Waals surface area (Å²) in [5.74, 6) is -0.495. The molecule has 1 unspecified atom stereocenters. The molecule has 438 valence electrons. The molecule has 1 aliphatic carbocycles. The maximum absolute atomic E-state index is 13.9. The molecule has 15 nitrogen and oxygen atoms in total. The Morgan fingerprint density at radius 3 is 0.950 bits per heavy atom. The minimum atomic E-state index is -0.747. The number of ether oxygens (including phenoxy) is 8. The third kappa shape index (κ3) is 17.9. The van der Waals surface area contributed by atoms with Crippen molar-refractivity contribution in [2.45, 2.75) is 177 Å². The highest BCUT2D eigenvalue weighted by atomic mass is 16.6. The van der Waals surface area contributed by atoms with Crippen LogP contribution in [0.2, 0.25) is 0 Å². The molecule has 3 N–H and O–H groups in total. The Morgan fingerprint density at radius 2 is 0.713 bits per heavy atom. The Labute approximate surface area is 475 Å². The lowest BCUT2D eigenvalue weighted by Gasteiger charge is -2.29. The molecule has 0 fully saturated rings. The van der Waals surface area contributed by atoms with Crippen LogP contribution in [0.15, 0.2) is 48.5 Å². The topological polar surface area (TPSA) is 197 Å². The van der Waals surface area contributed by atoms with Crippen LogP contribution in [0.1, 0.15) is 190 Å². The van der Waals surface area contributed by atoms with Gasteiger partial charge in [0.15, 0.2) is 26.4 Å². The van der Waals surface area contributed by atoms with Crippen molar-refractivity contribution in [2.24, 2.45) is 5.73 Å². The molecule has 0 heterocycles. The predicted molar refractivity (Wildman–Crippen MR) is 311 cm³/mol. The van der Waals surface area contributed by atoms with E-state index >= 15 is 0 Å². The molecular weight excluding hydrogens is 1020 g/mol. The van der Waals surface area contributed by atoms with Crippen LogP contribution in [0.3, 0.4) is 0 Å². The highest BCUT2D eigenvalue weighted by Crippen LogP contribution is 2.44. The fourth-order valence-electron chi connectivity index (χ4n) is 9.54. The second-order valence-electron chi connectivity index (χ2n) is 24.7. The smallest absolute Gasteiger partial charge is 0.344 e. The molecule has 5 rings (SSSR count). The maximum Gasteiger partial charge on any atom is 0.344 e. The van der Waals surface area contributed by atoms with Crippen LogP contribution in [0, 0.1) is 0 Å². The summed E-state index contributed by atoms with van der Waals surface area (Å²) < 4.78 is 48.0. The first-order valence-corrected chi connectivity index (χ1v) is 28.2. The van der Waals surface area contributed by atoms with Gasteiger partial charge in [-0.3, -0.25) is 9.59 Å². The molecule has 0 saturated heterocycles. The number of methoxy groups -OCH3 is 1. The fraction of sp³-hybridized carbons (Fsp3) is 0.554. The number of amides is 1. The van der Waals surface area contributed by atoms with Gasteiger partial charge >= 0.3 is 23.9 Å². The van der Waals surface area contributed by atoms with Gasteiger partial charge in [0, 0.05) is 32.2 Å². The number of carbonyl (C=O) groups is 5. The monoisotopic (exact) mass is 1110 g/mol. The van der Waals surface area contributed by atoms with E-state index < -0.39 is 29.9 Å². The molecule has 8 bridgehead atoms. The number of hydrogen-bond acceptors (Lipinski definition) is 14. The van der Waals surface area contributed by atoms with Gasteiger partial charge in [-0.1, -0.05) is 132 Å². The van der Waals surface area contributed by atoms with Crippen molar-refractivity contribution >= 4 is 29.8 Å². The van der Waals surface area contributed by atoms with Crippen LogP contribution >= 0.6 is 0 Å². The summed E-state index contributed by atoms with van der Waals surface area (Å²) >= 11 is 0. The van der Waals surface area contributed by atoms with Gasteiger partial charge < -0.3 is 48.9 Å². The first kappa shape index (κ1) is 64.2. The number of rotatable bonds is 21. The molecule has 1 atom stereocenters. The average Bonchev–Trinajstić information content (AvgIpc) is 3.35. The quantitative estimate of drug-likeness (QED) is 0.0400. The average molecular weight is 1110 g/mol. The lowest BCUT2D eigenvalue weighted by atomic mass is 9.79. The van der Waals surface area contributed by atoms with Gasteiger partial charge in [-0.25, -0.2) is 14.4 Å². The summed E-state index contributed by atoms with van der Waals surface area (Å²) in [6.07, 6.45) is 2.55. The Kier molecular flexibility index (Phi) is 22.2. The Morgan fingerprint density at radius 1 is 0.450 bits per heavy atom. The number of hydrogen-bond donors (Lipinski definition) is 2. The molecule has 0 radical (unpaired) electrons. The summed E-state index contributed by atoms with van der Waals surface area (Å²) in [6.45, 7) is 30.4. The Hall–Kier alpha value is -6.61. The molecule has 1 amide bonds. The number of fused-ring (bicyclic) bond motifs is 8. The highest BCUT2D eigenvalue weighted by molar-refractivity contribution is 5.78. The van der Waals surface area contributed by atoms with Gasteiger partial charge in [-0.2, -0.15) is 0 Å². The third-order valence-electron chi connectivity index (χ3n) is 14.0. The van der Waals surface area contributed by atoms with Gasteiger partial charge in [0.1, 0.15) is 29.0 Å². The maximum atomic E-state index is 13.9. The van der Waals surface area contributed by atoms with Crippen molar-refractivity contribution in [1.29, 1.82) is 0 Å². The van der Waals surface area contributed by atoms with E-state index in [1.165, 1.54) is 7.11 Å². The zero-order chi connectivity index (χ0) is 59.3. The van der Waals surface area contributed by atoms with E-state index in [-0.39, 0.29) is 99.5 Å². The second kappa shape index (κ2) is 27.7. The van der Waals surface area contributed by atoms with E-state index in [0.717, 1.165) is 66.8 Å². The molecule has 15 heteroatoms. The third-order valence-corrected chi connectivity index (χ3v) is 14.0. The lowest BCUT2D eigenvalue weighted by molar-refractivity contribution is -0.146. The van der Waals surface area contributed by atoms with E-state index in [1.54, 1.807) is 20.8 Å². The highest BCUT2D eigenvalue weighted by Gasteiger charge is 2.31. The Balaban J connectivity index is 1.93. The number of carbonyl (C=O) groups excluding carboxylic acids is 5. The Bertz CT molecular complexity index is 2700. The zero-order valence-electron chi connectivity index (χ0n) is 50.7. The van der Waals surface area contributed by atoms with Gasteiger partial charge in [0.2, 0.25) is 0 Å². The molecule has 0 saturated carbocycles. The van der Waals surface area contributed by atoms with Gasteiger partial charge in [0.05, 0.1) is 26.9 Å². The summed E-state index contributed by atoms with van der Waals surface area (Å²) in [6, 6.07) is 16.2. The van der Waals surface area contributed by atoms with Crippen LogP contribution in [-0.4, -0.2) is 95.7 Å². The number of benzene rings is 4. The molecule has 0 aromatic heterocycles. The molecule has 1 aliphatic rings. The first-order valence-electron chi connectivity index (χ1n) is 28.2. The predicted octanol–water partition coefficient (Wildman–Crippen LogP) is 10.5. The molecule has 4 aromatic carbocycles. The first-order chi connectivity index (χ1) is 37.5. The largest absolute Gasteiger partial charge is 0.483 e. The van der Waals surface area contributed by atoms with Crippen molar-refractivity contribution in [3.63, 3.8) is 0 Å². The van der Waals surface area contributed by atoms with Crippen molar-refractivity contribution < 1.29 is 61.9 Å². The lowest BCUT2D eigenvalue weighted by Crippen LogP contribution is -2.32. The number of esters is 4. The van der Waals surface area contributed by atoms with Crippen LogP contribution in [0.4, 0.5) is 0 Å². The minimum Gasteiger partial charge on any atom is -0.483 e. The van der Waals surface area contributed by atoms with E-state index in [1.807, 2.05) is 0 Å². The van der Waals surface area contributed by atoms with Crippen LogP contribution in [0.5, 0.6) is 23.0 Å². The normalized spacial score (nSPS) is 13.1. The minimum absolute atomic E-state index is 0.170. The van der Waals surface area contributed by atoms with Crippen molar-refractivity contribution in [1.82, 2.24) is 5.32 Å². The summed E-state index contributed by atoms with van der Waals surface area (Å²) in [5.41, 5.74) is 14.6.